The Balaban J connectivity index is 3.04. The Kier molecular flexibility index (Phi) is 4.88. The molecule has 0 radical (unpaired) electrons. The van der Waals surface area contributed by atoms with Gasteiger partial charge < -0.3 is 4.74 Å². The first-order valence-electron chi connectivity index (χ1n) is 4.80. The highest BCUT2D eigenvalue weighted by Gasteiger charge is 2.23. The molecule has 0 fully saturated rings. The summed E-state index contributed by atoms with van der Waals surface area (Å²) in [4.78, 5) is -0.112. The van der Waals surface area contributed by atoms with Crippen LogP contribution in [-0.4, -0.2) is 40.0 Å². The number of methoxy groups -OCH3 is 1. The number of benzene rings is 1. The monoisotopic (exact) mass is 281 g/mol. The third-order valence-electron chi connectivity index (χ3n) is 2.19. The molecule has 1 rings (SSSR count). The third-order valence-corrected chi connectivity index (χ3v) is 4.53. The van der Waals surface area contributed by atoms with Gasteiger partial charge in [-0.25, -0.2) is 12.8 Å². The van der Waals surface area contributed by atoms with Gasteiger partial charge in [0, 0.05) is 20.7 Å². The highest BCUT2D eigenvalue weighted by Crippen LogP contribution is 2.24. The fourth-order valence-electron chi connectivity index (χ4n) is 1.19. The van der Waals surface area contributed by atoms with Gasteiger partial charge in [0.1, 0.15) is 10.7 Å². The van der Waals surface area contributed by atoms with Gasteiger partial charge in [-0.05, 0) is 18.2 Å². The van der Waals surface area contributed by atoms with Crippen molar-refractivity contribution in [1.82, 2.24) is 4.31 Å². The van der Waals surface area contributed by atoms with Crippen molar-refractivity contribution >= 4 is 21.6 Å². The molecule has 0 spiro atoms. The lowest BCUT2D eigenvalue weighted by atomic mass is 10.3. The summed E-state index contributed by atoms with van der Waals surface area (Å²) in [6.07, 6.45) is 0. The predicted molar refractivity (Wildman–Crippen MR) is 63.1 cm³/mol. The zero-order valence-electron chi connectivity index (χ0n) is 9.48. The summed E-state index contributed by atoms with van der Waals surface area (Å²) in [5.74, 6) is -0.575. The topological polar surface area (TPSA) is 46.6 Å². The van der Waals surface area contributed by atoms with Crippen molar-refractivity contribution in [3.63, 3.8) is 0 Å². The van der Waals surface area contributed by atoms with Crippen LogP contribution in [0.1, 0.15) is 0 Å². The van der Waals surface area contributed by atoms with Crippen LogP contribution in [0.15, 0.2) is 23.1 Å². The van der Waals surface area contributed by atoms with Crippen LogP contribution < -0.4 is 0 Å². The summed E-state index contributed by atoms with van der Waals surface area (Å²) >= 11 is 5.72. The van der Waals surface area contributed by atoms with Crippen molar-refractivity contribution in [3.05, 3.63) is 29.0 Å². The molecule has 1 aromatic rings. The second-order valence-corrected chi connectivity index (χ2v) is 5.81. The lowest BCUT2D eigenvalue weighted by Crippen LogP contribution is -2.30. The second kappa shape index (κ2) is 5.77. The minimum atomic E-state index is -3.70. The Bertz CT molecular complexity index is 492. The van der Waals surface area contributed by atoms with Crippen LogP contribution in [0.25, 0.3) is 0 Å². The average molecular weight is 282 g/mol. The first kappa shape index (κ1) is 14.4. The number of sulfonamides is 1. The molecule has 0 N–H and O–H groups in total. The van der Waals surface area contributed by atoms with Crippen LogP contribution in [0.4, 0.5) is 4.39 Å². The molecule has 0 aliphatic heterocycles. The normalized spacial score (nSPS) is 12.1. The molecule has 1 aromatic carbocycles. The number of hydrogen-bond donors (Lipinski definition) is 0. The van der Waals surface area contributed by atoms with Crippen LogP contribution in [0.5, 0.6) is 0 Å². The van der Waals surface area contributed by atoms with E-state index in [0.717, 1.165) is 22.5 Å². The Labute approximate surface area is 105 Å². The summed E-state index contributed by atoms with van der Waals surface area (Å²) in [5, 5.41) is -0.130. The van der Waals surface area contributed by atoms with Gasteiger partial charge in [0.25, 0.3) is 0 Å². The van der Waals surface area contributed by atoms with Gasteiger partial charge in [-0.15, -0.1) is 0 Å². The van der Waals surface area contributed by atoms with E-state index >= 15 is 0 Å². The second-order valence-electron chi connectivity index (χ2n) is 3.39. The Morgan fingerprint density at radius 2 is 2.12 bits per heavy atom. The molecule has 0 atom stereocenters. The summed E-state index contributed by atoms with van der Waals surface area (Å²) in [6, 6.07) is 3.18. The molecule has 17 heavy (non-hydrogen) atoms. The van der Waals surface area contributed by atoms with E-state index in [0.29, 0.717) is 0 Å². The Morgan fingerprint density at radius 1 is 1.47 bits per heavy atom. The Hall–Kier alpha value is -0.690. The molecule has 0 heterocycles. The van der Waals surface area contributed by atoms with E-state index in [2.05, 4.69) is 0 Å². The smallest absolute Gasteiger partial charge is 0.244 e. The van der Waals surface area contributed by atoms with Crippen LogP contribution in [0.3, 0.4) is 0 Å². The van der Waals surface area contributed by atoms with Crippen molar-refractivity contribution in [3.8, 4) is 0 Å². The van der Waals surface area contributed by atoms with E-state index in [1.807, 2.05) is 0 Å². The molecule has 0 aliphatic rings. The molecule has 7 heteroatoms. The van der Waals surface area contributed by atoms with Crippen molar-refractivity contribution in [2.24, 2.45) is 0 Å². The number of nitrogens with zero attached hydrogens (tertiary/aromatic N) is 1. The molecule has 0 aromatic heterocycles. The first-order chi connectivity index (χ1) is 7.89. The van der Waals surface area contributed by atoms with Gasteiger partial charge in [0.15, 0.2) is 0 Å². The van der Waals surface area contributed by atoms with E-state index in [9.17, 15) is 12.8 Å². The van der Waals surface area contributed by atoms with E-state index in [1.54, 1.807) is 0 Å². The van der Waals surface area contributed by atoms with Crippen LogP contribution in [0.2, 0.25) is 5.02 Å². The fourth-order valence-corrected chi connectivity index (χ4v) is 2.85. The molecule has 4 nitrogen and oxygen atoms in total. The Morgan fingerprint density at radius 3 is 2.65 bits per heavy atom. The lowest BCUT2D eigenvalue weighted by Gasteiger charge is -2.17. The van der Waals surface area contributed by atoms with Gasteiger partial charge in [-0.3, -0.25) is 0 Å². The maximum atomic E-state index is 12.8. The predicted octanol–water partition coefficient (Wildman–Crippen LogP) is 1.75. The van der Waals surface area contributed by atoms with Crippen molar-refractivity contribution < 1.29 is 17.5 Å². The first-order valence-corrected chi connectivity index (χ1v) is 6.61. The van der Waals surface area contributed by atoms with Gasteiger partial charge >= 0.3 is 0 Å². The van der Waals surface area contributed by atoms with Gasteiger partial charge in [-0.1, -0.05) is 11.6 Å². The molecular weight excluding hydrogens is 269 g/mol. The molecule has 0 saturated heterocycles. The molecule has 0 unspecified atom stereocenters. The average Bonchev–Trinajstić information content (AvgIpc) is 2.25. The molecule has 0 aliphatic carbocycles. The number of halogens is 2. The standard InChI is InChI=1S/C10H13ClFNO3S/c1-13(5-6-16-2)17(14,15)10-4-3-8(12)7-9(10)11/h3-4,7H,5-6H2,1-2H3. The van der Waals surface area contributed by atoms with Gasteiger partial charge in [-0.2, -0.15) is 4.31 Å². The maximum absolute atomic E-state index is 12.8. The number of ether oxygens (including phenoxy) is 1. The van der Waals surface area contributed by atoms with Crippen molar-refractivity contribution in [2.45, 2.75) is 4.90 Å². The van der Waals surface area contributed by atoms with Crippen LogP contribution in [0, 0.1) is 5.82 Å². The maximum Gasteiger partial charge on any atom is 0.244 e. The van der Waals surface area contributed by atoms with E-state index < -0.39 is 15.8 Å². The summed E-state index contributed by atoms with van der Waals surface area (Å²) in [6.45, 7) is 0.473. The molecule has 0 saturated carbocycles. The summed E-state index contributed by atoms with van der Waals surface area (Å²) < 4.78 is 42.8. The van der Waals surface area contributed by atoms with E-state index in [1.165, 1.54) is 14.2 Å². The lowest BCUT2D eigenvalue weighted by molar-refractivity contribution is 0.185. The van der Waals surface area contributed by atoms with Crippen molar-refractivity contribution in [1.29, 1.82) is 0 Å². The largest absolute Gasteiger partial charge is 0.383 e. The molecule has 0 bridgehead atoms. The minimum Gasteiger partial charge on any atom is -0.383 e. The van der Waals surface area contributed by atoms with E-state index in [-0.39, 0.29) is 23.1 Å². The third kappa shape index (κ3) is 3.38. The highest BCUT2D eigenvalue weighted by atomic mass is 35.5. The quantitative estimate of drug-likeness (QED) is 0.826. The number of likely N-dealkylation sites (N-methyl/N-ethyl adjacent to an activating group) is 1. The fraction of sp³-hybridized carbons (Fsp3) is 0.400. The zero-order chi connectivity index (χ0) is 13.1. The van der Waals surface area contributed by atoms with Gasteiger partial charge in [0.05, 0.1) is 11.6 Å². The number of rotatable bonds is 5. The number of hydrogen-bond acceptors (Lipinski definition) is 3. The SMILES string of the molecule is COCCN(C)S(=O)(=O)c1ccc(F)cc1Cl. The highest BCUT2D eigenvalue weighted by molar-refractivity contribution is 7.89. The van der Waals surface area contributed by atoms with Crippen LogP contribution in [-0.2, 0) is 14.8 Å². The molecule has 96 valence electrons. The zero-order valence-corrected chi connectivity index (χ0v) is 11.1. The van der Waals surface area contributed by atoms with Gasteiger partial charge in [0.2, 0.25) is 10.0 Å². The summed E-state index contributed by atoms with van der Waals surface area (Å²) in [5.41, 5.74) is 0. The summed E-state index contributed by atoms with van der Waals surface area (Å²) in [7, 11) is -0.816. The molecular formula is C10H13ClFNO3S. The minimum absolute atomic E-state index is 0.112. The van der Waals surface area contributed by atoms with E-state index in [4.69, 9.17) is 16.3 Å². The molecule has 0 amide bonds. The van der Waals surface area contributed by atoms with Crippen LogP contribution >= 0.6 is 11.6 Å². The van der Waals surface area contributed by atoms with Crippen molar-refractivity contribution in [2.75, 3.05) is 27.3 Å².